The number of hydrogen-bond acceptors (Lipinski definition) is 3. The van der Waals surface area contributed by atoms with Crippen molar-refractivity contribution >= 4 is 11.3 Å². The Hall–Kier alpha value is -2.36. The van der Waals surface area contributed by atoms with Crippen LogP contribution >= 0.6 is 0 Å². The number of anilines is 1. The molecule has 84 valence electrons. The van der Waals surface area contributed by atoms with E-state index in [-0.39, 0.29) is 0 Å². The molecular weight excluding hydrogens is 212 g/mol. The monoisotopic (exact) mass is 224 g/mol. The number of nitrogen functional groups attached to an aromatic ring is 1. The molecule has 0 amide bonds. The van der Waals surface area contributed by atoms with E-state index in [4.69, 9.17) is 5.73 Å². The number of nitrogens with zero attached hydrogens (tertiary/aromatic N) is 3. The molecule has 17 heavy (non-hydrogen) atoms. The van der Waals surface area contributed by atoms with E-state index in [1.807, 2.05) is 49.5 Å². The van der Waals surface area contributed by atoms with Gasteiger partial charge in [0.05, 0.1) is 0 Å². The first-order valence-electron chi connectivity index (χ1n) is 5.42. The fourth-order valence-electron chi connectivity index (χ4n) is 1.75. The maximum atomic E-state index is 5.85. The molecule has 2 aromatic heterocycles. The summed E-state index contributed by atoms with van der Waals surface area (Å²) in [6.07, 6.45) is 1.89. The SMILES string of the molecule is Cc1cn2nc(-c3ccccc3)nc2cc1N. The highest BCUT2D eigenvalue weighted by molar-refractivity contribution is 5.61. The summed E-state index contributed by atoms with van der Waals surface area (Å²) < 4.78 is 1.76. The molecule has 0 bridgehead atoms. The third-order valence-corrected chi connectivity index (χ3v) is 2.75. The van der Waals surface area contributed by atoms with Crippen LogP contribution in [-0.2, 0) is 0 Å². The molecule has 1 aromatic carbocycles. The van der Waals surface area contributed by atoms with E-state index in [2.05, 4.69) is 10.1 Å². The first-order valence-corrected chi connectivity index (χ1v) is 5.42. The Morgan fingerprint density at radius 3 is 2.71 bits per heavy atom. The second kappa shape index (κ2) is 3.59. The predicted octanol–water partition coefficient (Wildman–Crippen LogP) is 2.29. The van der Waals surface area contributed by atoms with Gasteiger partial charge in [0.1, 0.15) is 0 Å². The van der Waals surface area contributed by atoms with Gasteiger partial charge < -0.3 is 5.73 Å². The summed E-state index contributed by atoms with van der Waals surface area (Å²) in [6.45, 7) is 1.96. The summed E-state index contributed by atoms with van der Waals surface area (Å²) in [5.74, 6) is 0.718. The number of nitrogens with two attached hydrogens (primary N) is 1. The summed E-state index contributed by atoms with van der Waals surface area (Å²) in [7, 11) is 0. The van der Waals surface area contributed by atoms with E-state index in [0.29, 0.717) is 0 Å². The maximum absolute atomic E-state index is 5.85. The molecule has 0 spiro atoms. The molecule has 4 heteroatoms. The second-order valence-electron chi connectivity index (χ2n) is 4.02. The van der Waals surface area contributed by atoms with Gasteiger partial charge in [-0.05, 0) is 12.5 Å². The average Bonchev–Trinajstić information content (AvgIpc) is 2.74. The largest absolute Gasteiger partial charge is 0.398 e. The van der Waals surface area contributed by atoms with Gasteiger partial charge in [0.25, 0.3) is 0 Å². The number of aryl methyl sites for hydroxylation is 1. The van der Waals surface area contributed by atoms with Crippen LogP contribution in [0.1, 0.15) is 5.56 Å². The highest BCUT2D eigenvalue weighted by Crippen LogP contribution is 2.18. The molecule has 3 aromatic rings. The van der Waals surface area contributed by atoms with Gasteiger partial charge in [0, 0.05) is 23.5 Å². The molecule has 4 nitrogen and oxygen atoms in total. The summed E-state index contributed by atoms with van der Waals surface area (Å²) in [5.41, 5.74) is 9.37. The van der Waals surface area contributed by atoms with Crippen LogP contribution in [0.3, 0.4) is 0 Å². The van der Waals surface area contributed by atoms with Crippen molar-refractivity contribution in [2.75, 3.05) is 5.73 Å². The number of benzene rings is 1. The average molecular weight is 224 g/mol. The molecule has 0 aliphatic heterocycles. The Labute approximate surface area is 98.7 Å². The lowest BCUT2D eigenvalue weighted by atomic mass is 10.2. The van der Waals surface area contributed by atoms with Gasteiger partial charge in [-0.3, -0.25) is 0 Å². The van der Waals surface area contributed by atoms with Crippen molar-refractivity contribution in [1.29, 1.82) is 0 Å². The maximum Gasteiger partial charge on any atom is 0.182 e. The third-order valence-electron chi connectivity index (χ3n) is 2.75. The third kappa shape index (κ3) is 1.63. The van der Waals surface area contributed by atoms with Gasteiger partial charge in [-0.15, -0.1) is 5.10 Å². The van der Waals surface area contributed by atoms with E-state index in [9.17, 15) is 0 Å². The quantitative estimate of drug-likeness (QED) is 0.690. The van der Waals surface area contributed by atoms with E-state index in [0.717, 1.165) is 28.3 Å². The standard InChI is InChI=1S/C13H12N4/c1-9-8-17-12(7-11(9)14)15-13(16-17)10-5-3-2-4-6-10/h2-8H,14H2,1H3. The van der Waals surface area contributed by atoms with E-state index < -0.39 is 0 Å². The molecule has 3 rings (SSSR count). The summed E-state index contributed by atoms with van der Waals surface area (Å²) in [6, 6.07) is 11.7. The van der Waals surface area contributed by atoms with Gasteiger partial charge in [-0.1, -0.05) is 30.3 Å². The Morgan fingerprint density at radius 2 is 1.94 bits per heavy atom. The number of hydrogen-bond donors (Lipinski definition) is 1. The van der Waals surface area contributed by atoms with Crippen molar-refractivity contribution in [3.8, 4) is 11.4 Å². The van der Waals surface area contributed by atoms with Crippen molar-refractivity contribution < 1.29 is 0 Å². The Morgan fingerprint density at radius 1 is 1.18 bits per heavy atom. The summed E-state index contributed by atoms with van der Waals surface area (Å²) in [4.78, 5) is 4.46. The second-order valence-corrected chi connectivity index (χ2v) is 4.02. The lowest BCUT2D eigenvalue weighted by Crippen LogP contribution is -1.94. The van der Waals surface area contributed by atoms with Gasteiger partial charge >= 0.3 is 0 Å². The zero-order valence-electron chi connectivity index (χ0n) is 9.46. The van der Waals surface area contributed by atoms with Crippen molar-refractivity contribution in [2.24, 2.45) is 0 Å². The van der Waals surface area contributed by atoms with Crippen molar-refractivity contribution in [3.63, 3.8) is 0 Å². The lowest BCUT2D eigenvalue weighted by molar-refractivity contribution is 0.957. The zero-order valence-corrected chi connectivity index (χ0v) is 9.46. The summed E-state index contributed by atoms with van der Waals surface area (Å²) >= 11 is 0. The molecule has 0 saturated carbocycles. The van der Waals surface area contributed by atoms with E-state index in [1.54, 1.807) is 4.52 Å². The van der Waals surface area contributed by atoms with Gasteiger partial charge in [-0.25, -0.2) is 9.50 Å². The molecule has 0 atom stereocenters. The van der Waals surface area contributed by atoms with Crippen molar-refractivity contribution in [3.05, 3.63) is 48.2 Å². The molecule has 0 unspecified atom stereocenters. The number of pyridine rings is 1. The number of aromatic nitrogens is 3. The first kappa shape index (κ1) is 9.84. The van der Waals surface area contributed by atoms with Crippen LogP contribution in [0.25, 0.3) is 17.0 Å². The summed E-state index contributed by atoms with van der Waals surface area (Å²) in [5, 5.41) is 4.43. The van der Waals surface area contributed by atoms with Crippen LogP contribution < -0.4 is 5.73 Å². The van der Waals surface area contributed by atoms with Crippen LogP contribution in [0, 0.1) is 6.92 Å². The minimum Gasteiger partial charge on any atom is -0.398 e. The minimum absolute atomic E-state index is 0.718. The molecule has 0 fully saturated rings. The molecule has 0 aliphatic carbocycles. The molecule has 2 heterocycles. The van der Waals surface area contributed by atoms with Crippen molar-refractivity contribution in [2.45, 2.75) is 6.92 Å². The molecule has 0 aliphatic rings. The number of fused-ring (bicyclic) bond motifs is 1. The molecular formula is C13H12N4. The predicted molar refractivity (Wildman–Crippen MR) is 67.6 cm³/mol. The van der Waals surface area contributed by atoms with Crippen LogP contribution in [0.5, 0.6) is 0 Å². The highest BCUT2D eigenvalue weighted by atomic mass is 15.3. The fourth-order valence-corrected chi connectivity index (χ4v) is 1.75. The van der Waals surface area contributed by atoms with Crippen LogP contribution in [0.15, 0.2) is 42.6 Å². The highest BCUT2D eigenvalue weighted by Gasteiger charge is 2.06. The Bertz CT molecular complexity index is 631. The molecule has 0 saturated heterocycles. The van der Waals surface area contributed by atoms with Crippen molar-refractivity contribution in [1.82, 2.24) is 14.6 Å². The lowest BCUT2D eigenvalue weighted by Gasteiger charge is -1.98. The molecule has 2 N–H and O–H groups in total. The van der Waals surface area contributed by atoms with Crippen LogP contribution in [0.2, 0.25) is 0 Å². The van der Waals surface area contributed by atoms with Crippen LogP contribution in [0.4, 0.5) is 5.69 Å². The van der Waals surface area contributed by atoms with E-state index >= 15 is 0 Å². The van der Waals surface area contributed by atoms with E-state index in [1.165, 1.54) is 0 Å². The van der Waals surface area contributed by atoms with Gasteiger partial charge in [0.15, 0.2) is 11.5 Å². The van der Waals surface area contributed by atoms with Gasteiger partial charge in [0.2, 0.25) is 0 Å². The minimum atomic E-state index is 0.718. The van der Waals surface area contributed by atoms with Gasteiger partial charge in [-0.2, -0.15) is 0 Å². The normalized spacial score (nSPS) is 10.9. The molecule has 0 radical (unpaired) electrons. The topological polar surface area (TPSA) is 56.2 Å². The fraction of sp³-hybridized carbons (Fsp3) is 0.0769. The smallest absolute Gasteiger partial charge is 0.182 e. The number of rotatable bonds is 1. The van der Waals surface area contributed by atoms with Crippen LogP contribution in [-0.4, -0.2) is 14.6 Å². The first-order chi connectivity index (χ1) is 8.24. The Balaban J connectivity index is 2.21. The Kier molecular flexibility index (Phi) is 2.08. The zero-order chi connectivity index (χ0) is 11.8.